The summed E-state index contributed by atoms with van der Waals surface area (Å²) in [6.07, 6.45) is 23.0. The average Bonchev–Trinajstić information content (AvgIpc) is 3.53. The molecule has 1 fully saturated rings. The molecule has 0 bridgehead atoms. The maximum Gasteiger partial charge on any atom is 0.311 e. The first kappa shape index (κ1) is 66.4. The van der Waals surface area contributed by atoms with E-state index in [0.717, 1.165) is 54.4 Å². The summed E-state index contributed by atoms with van der Waals surface area (Å²) in [4.78, 5) is 25.5. The zero-order chi connectivity index (χ0) is 57.1. The molecule has 0 aromatic heterocycles. The van der Waals surface area contributed by atoms with Crippen molar-refractivity contribution < 1.29 is 47.5 Å². The van der Waals surface area contributed by atoms with Gasteiger partial charge in [-0.2, -0.15) is 0 Å². The van der Waals surface area contributed by atoms with E-state index in [2.05, 4.69) is 36.4 Å². The van der Waals surface area contributed by atoms with Crippen LogP contribution in [0.5, 0.6) is 0 Å². The van der Waals surface area contributed by atoms with Gasteiger partial charge in [-0.3, -0.25) is 9.59 Å². The van der Waals surface area contributed by atoms with Crippen LogP contribution in [0.2, 0.25) is 0 Å². The molecular weight excluding hydrogens is 1000 g/mol. The van der Waals surface area contributed by atoms with Gasteiger partial charge in [-0.25, -0.2) is 0 Å². The molecule has 0 N–H and O–H groups in total. The molecule has 1 saturated heterocycles. The van der Waals surface area contributed by atoms with E-state index in [-0.39, 0.29) is 37.4 Å². The second-order valence-corrected chi connectivity index (χ2v) is 24.5. The Kier molecular flexibility index (Phi) is 31.8. The fourth-order valence-electron chi connectivity index (χ4n) is 10.0. The second-order valence-electron chi connectivity index (χ2n) is 24.5. The first-order valence-electron chi connectivity index (χ1n) is 31.0. The summed E-state index contributed by atoms with van der Waals surface area (Å²) < 4.78 is 52.6. The van der Waals surface area contributed by atoms with Crippen LogP contribution >= 0.6 is 0 Å². The molecule has 0 saturated carbocycles. The highest BCUT2D eigenvalue weighted by Crippen LogP contribution is 2.33. The molecule has 0 spiro atoms. The molecule has 0 aliphatic carbocycles. The minimum Gasteiger partial charge on any atom is -0.462 e. The smallest absolute Gasteiger partial charge is 0.311 e. The summed E-state index contributed by atoms with van der Waals surface area (Å²) in [7, 11) is 0. The van der Waals surface area contributed by atoms with Crippen molar-refractivity contribution in [3.63, 3.8) is 0 Å². The molecular formula is C70H104O10. The Morgan fingerprint density at radius 2 is 0.762 bits per heavy atom. The monoisotopic (exact) mass is 1100 g/mol. The lowest BCUT2D eigenvalue weighted by atomic mass is 9.97. The molecule has 4 aromatic carbocycles. The summed E-state index contributed by atoms with van der Waals surface area (Å²) in [6.45, 7) is 15.4. The Balaban J connectivity index is 1.07. The fourth-order valence-corrected chi connectivity index (χ4v) is 10.0. The fraction of sp³-hybridized carbons (Fsp3) is 0.629. The van der Waals surface area contributed by atoms with Gasteiger partial charge in [0.2, 0.25) is 0 Å². The van der Waals surface area contributed by atoms with Gasteiger partial charge >= 0.3 is 11.9 Å². The van der Waals surface area contributed by atoms with E-state index >= 15 is 0 Å². The first-order chi connectivity index (χ1) is 38.8. The molecule has 1 aliphatic heterocycles. The normalized spacial score (nSPS) is 18.4. The molecule has 7 atom stereocenters. The number of ether oxygens (including phenoxy) is 8. The molecule has 0 radical (unpaired) electrons. The Bertz CT molecular complexity index is 2180. The average molecular weight is 1110 g/mol. The first-order valence-corrected chi connectivity index (χ1v) is 31.0. The zero-order valence-electron chi connectivity index (χ0n) is 50.5. The third-order valence-electron chi connectivity index (χ3n) is 15.0. The molecule has 0 unspecified atom stereocenters. The van der Waals surface area contributed by atoms with Gasteiger partial charge in [0.15, 0.2) is 6.29 Å². The van der Waals surface area contributed by atoms with E-state index in [1.54, 1.807) is 0 Å². The van der Waals surface area contributed by atoms with Crippen LogP contribution in [0.25, 0.3) is 0 Å². The Labute approximate surface area is 484 Å². The molecule has 444 valence electrons. The van der Waals surface area contributed by atoms with Crippen LogP contribution in [0, 0.1) is 10.8 Å². The zero-order valence-corrected chi connectivity index (χ0v) is 50.5. The van der Waals surface area contributed by atoms with E-state index in [1.807, 2.05) is 133 Å². The van der Waals surface area contributed by atoms with Crippen LogP contribution in [-0.4, -0.2) is 68.1 Å². The summed E-state index contributed by atoms with van der Waals surface area (Å²) >= 11 is 0. The van der Waals surface area contributed by atoms with Crippen molar-refractivity contribution in [3.05, 3.63) is 144 Å². The minimum atomic E-state index is -0.835. The van der Waals surface area contributed by atoms with Gasteiger partial charge in [0.1, 0.15) is 30.5 Å². The Morgan fingerprint density at radius 1 is 0.412 bits per heavy atom. The van der Waals surface area contributed by atoms with E-state index in [1.165, 1.54) is 103 Å². The molecule has 4 aromatic rings. The number of rotatable bonds is 41. The lowest BCUT2D eigenvalue weighted by Crippen LogP contribution is -2.61. The van der Waals surface area contributed by atoms with Crippen LogP contribution < -0.4 is 0 Å². The third-order valence-corrected chi connectivity index (χ3v) is 15.0. The van der Waals surface area contributed by atoms with Gasteiger partial charge in [-0.1, -0.05) is 230 Å². The lowest BCUT2D eigenvalue weighted by Gasteiger charge is -2.46. The second kappa shape index (κ2) is 38.4. The third kappa shape index (κ3) is 27.6. The largest absolute Gasteiger partial charge is 0.462 e. The number of hydrogen-bond donors (Lipinski definition) is 0. The maximum atomic E-state index is 13.4. The molecule has 10 nitrogen and oxygen atoms in total. The number of esters is 2. The van der Waals surface area contributed by atoms with Crippen LogP contribution in [0.15, 0.2) is 121 Å². The van der Waals surface area contributed by atoms with Crippen LogP contribution in [0.3, 0.4) is 0 Å². The molecule has 0 amide bonds. The van der Waals surface area contributed by atoms with Crippen molar-refractivity contribution in [3.8, 4) is 0 Å². The molecule has 1 aliphatic rings. The highest BCUT2D eigenvalue weighted by atomic mass is 16.7. The summed E-state index contributed by atoms with van der Waals surface area (Å²) in [5, 5.41) is 0. The summed E-state index contributed by atoms with van der Waals surface area (Å²) in [5.41, 5.74) is 3.10. The maximum absolute atomic E-state index is 13.4. The lowest BCUT2D eigenvalue weighted by molar-refractivity contribution is -0.329. The number of unbranched alkanes of at least 4 members (excludes halogenated alkanes) is 18. The number of carbonyl (C=O) groups excluding carboxylic acids is 2. The van der Waals surface area contributed by atoms with E-state index < -0.39 is 41.5 Å². The van der Waals surface area contributed by atoms with Crippen molar-refractivity contribution in [1.82, 2.24) is 0 Å². The summed E-state index contributed by atoms with van der Waals surface area (Å²) in [5.74, 6) is -0.301. The number of benzene rings is 4. The molecule has 1 heterocycles. The number of carbonyl (C=O) groups is 2. The van der Waals surface area contributed by atoms with E-state index in [4.69, 9.17) is 37.9 Å². The molecule has 80 heavy (non-hydrogen) atoms. The highest BCUT2D eigenvalue weighted by molar-refractivity contribution is 5.76. The Hall–Kier alpha value is -4.42. The van der Waals surface area contributed by atoms with Gasteiger partial charge in [-0.05, 0) is 96.4 Å². The van der Waals surface area contributed by atoms with Crippen LogP contribution in [-0.2, 0) is 73.9 Å². The standard InChI is InChI=1S/C70H104O10/c1-56(78-67(71)69(2,3)4)39-29-23-21-19-17-15-13-11-9-8-10-12-14-16-18-20-22-24-38-48-61(79-68(72)70(5,6)7)49-50-74-66-65(77-54-60-46-36-28-37-47-60)64(76-53-59-44-34-27-35-45-59)63(75-52-58-42-32-26-33-43-58)62(80-66)55-73-51-57-40-30-25-31-41-57/h25-28,30-37,40-47,56,61-66H,8-24,29,38-39,48-55H2,1-7H3/t56-,61-,62-,63-,64+,65-,66-/m1/s1. The van der Waals surface area contributed by atoms with Gasteiger partial charge in [0.25, 0.3) is 0 Å². The van der Waals surface area contributed by atoms with Crippen molar-refractivity contribution >= 4 is 11.9 Å². The van der Waals surface area contributed by atoms with E-state index in [0.29, 0.717) is 32.8 Å². The van der Waals surface area contributed by atoms with Crippen molar-refractivity contribution in [1.29, 1.82) is 0 Å². The van der Waals surface area contributed by atoms with Gasteiger partial charge in [-0.15, -0.1) is 0 Å². The SMILES string of the molecule is C[C@H](CCCCCCCCCCCCCCCCCCCCC[C@H](CCO[C@@H]1O[C@H](COCc2ccccc2)[C@@H](OCc2ccccc2)[C@H](OCc2ccccc2)[C@H]1OCc1ccccc1)OC(=O)C(C)(C)C)OC(=O)C(C)(C)C. The van der Waals surface area contributed by atoms with Crippen molar-refractivity contribution in [2.75, 3.05) is 13.2 Å². The quantitative estimate of drug-likeness (QED) is 0.0315. The predicted octanol–water partition coefficient (Wildman–Crippen LogP) is 17.2. The van der Waals surface area contributed by atoms with E-state index in [9.17, 15) is 9.59 Å². The van der Waals surface area contributed by atoms with Gasteiger partial charge in [0.05, 0.1) is 56.6 Å². The van der Waals surface area contributed by atoms with Crippen LogP contribution in [0.1, 0.15) is 212 Å². The predicted molar refractivity (Wildman–Crippen MR) is 322 cm³/mol. The number of hydrogen-bond acceptors (Lipinski definition) is 10. The summed E-state index contributed by atoms with van der Waals surface area (Å²) in [6, 6.07) is 40.6. The Morgan fingerprint density at radius 3 is 1.18 bits per heavy atom. The van der Waals surface area contributed by atoms with Crippen LogP contribution in [0.4, 0.5) is 0 Å². The van der Waals surface area contributed by atoms with Crippen molar-refractivity contribution in [2.24, 2.45) is 10.8 Å². The minimum absolute atomic E-state index is 0.0139. The molecule has 10 heteroatoms. The van der Waals surface area contributed by atoms with Gasteiger partial charge < -0.3 is 37.9 Å². The van der Waals surface area contributed by atoms with Crippen molar-refractivity contribution in [2.45, 2.75) is 259 Å². The van der Waals surface area contributed by atoms with Gasteiger partial charge in [0, 0.05) is 6.42 Å². The highest BCUT2D eigenvalue weighted by Gasteiger charge is 2.49. The molecule has 5 rings (SSSR count). The topological polar surface area (TPSA) is 108 Å².